The molecule has 2 aliphatic heterocycles. The van der Waals surface area contributed by atoms with Crippen LogP contribution in [0.25, 0.3) is 0 Å². The molecule has 1 unspecified atom stereocenters. The third-order valence-electron chi connectivity index (χ3n) is 9.11. The molecule has 2 saturated heterocycles. The lowest BCUT2D eigenvalue weighted by Gasteiger charge is -2.58. The summed E-state index contributed by atoms with van der Waals surface area (Å²) in [6.07, 6.45) is 10.9. The molecule has 28 heavy (non-hydrogen) atoms. The van der Waals surface area contributed by atoms with E-state index in [-0.39, 0.29) is 30.3 Å². The third-order valence-corrected chi connectivity index (χ3v) is 9.11. The molecular formula is C23H28O5. The summed E-state index contributed by atoms with van der Waals surface area (Å²) in [6.45, 7) is 5.32. The van der Waals surface area contributed by atoms with Crippen LogP contribution in [0, 0.1) is 28.6 Å². The molecule has 5 nitrogen and oxygen atoms in total. The zero-order chi connectivity index (χ0) is 19.2. The van der Waals surface area contributed by atoms with Crippen molar-refractivity contribution >= 4 is 5.78 Å². The topological polar surface area (TPSA) is 54.0 Å². The summed E-state index contributed by atoms with van der Waals surface area (Å²) in [7, 11) is 0. The molecule has 5 heteroatoms. The minimum Gasteiger partial charge on any atom is -0.350 e. The van der Waals surface area contributed by atoms with Crippen molar-refractivity contribution in [2.45, 2.75) is 57.3 Å². The molecule has 150 valence electrons. The lowest BCUT2D eigenvalue weighted by Crippen LogP contribution is -2.65. The fraction of sp³-hybridized carbons (Fsp3) is 0.739. The first-order valence-corrected chi connectivity index (χ1v) is 10.6. The summed E-state index contributed by atoms with van der Waals surface area (Å²) >= 11 is 0. The van der Waals surface area contributed by atoms with Gasteiger partial charge in [0, 0.05) is 23.2 Å². The van der Waals surface area contributed by atoms with Crippen molar-refractivity contribution in [2.24, 2.45) is 28.6 Å². The average Bonchev–Trinajstić information content (AvgIpc) is 3.36. The maximum atomic E-state index is 13.7. The van der Waals surface area contributed by atoms with Crippen molar-refractivity contribution in [3.05, 3.63) is 29.5 Å². The smallest absolute Gasteiger partial charge is 0.226 e. The van der Waals surface area contributed by atoms with E-state index in [1.807, 2.05) is 6.08 Å². The van der Waals surface area contributed by atoms with Crippen LogP contribution in [0.15, 0.2) is 29.5 Å². The average molecular weight is 384 g/mol. The molecule has 7 atom stereocenters. The fourth-order valence-electron chi connectivity index (χ4n) is 7.90. The maximum Gasteiger partial charge on any atom is 0.226 e. The van der Waals surface area contributed by atoms with E-state index in [0.717, 1.165) is 25.7 Å². The Morgan fingerprint density at radius 3 is 2.82 bits per heavy atom. The summed E-state index contributed by atoms with van der Waals surface area (Å²) in [5.41, 5.74) is 3.59. The predicted octanol–water partition coefficient (Wildman–Crippen LogP) is 3.50. The minimum atomic E-state index is -0.860. The standard InChI is InChI=1S/C23H28O5/c1-20-9-4-3-5-15(20)6-7-16-17-8-10-22(21(17,2)11-18(24)19(16)20)23(28-14-26-22)12-25-13-27-23/h3,5,9,16-17,19H,6-8,10-14H2,1-2H3/t16-,17-,19+,20-,21-,22+,23?/m0/s1. The van der Waals surface area contributed by atoms with Gasteiger partial charge in [0.15, 0.2) is 13.6 Å². The van der Waals surface area contributed by atoms with Gasteiger partial charge in [-0.2, -0.15) is 0 Å². The number of rotatable bonds is 0. The summed E-state index contributed by atoms with van der Waals surface area (Å²) < 4.78 is 24.0. The molecule has 4 aliphatic carbocycles. The first kappa shape index (κ1) is 17.6. The van der Waals surface area contributed by atoms with Gasteiger partial charge in [0.2, 0.25) is 5.79 Å². The fourth-order valence-corrected chi connectivity index (χ4v) is 7.90. The Hall–Kier alpha value is -1.23. The predicted molar refractivity (Wildman–Crippen MR) is 99.9 cm³/mol. The molecule has 0 N–H and O–H groups in total. The van der Waals surface area contributed by atoms with Gasteiger partial charge >= 0.3 is 0 Å². The SMILES string of the molecule is C[C@]12C=C=CC=C1CC[C@@H]1[C@@H]2C(=O)C[C@@]2(C)[C@H]1CC[C@@]21OCOC12COCO2. The van der Waals surface area contributed by atoms with Gasteiger partial charge in [-0.3, -0.25) is 4.79 Å². The Morgan fingerprint density at radius 1 is 1.14 bits per heavy atom. The molecule has 6 aliphatic rings. The molecule has 0 aromatic carbocycles. The van der Waals surface area contributed by atoms with E-state index in [9.17, 15) is 4.79 Å². The van der Waals surface area contributed by atoms with Gasteiger partial charge in [0.1, 0.15) is 18.0 Å². The number of carbonyl (C=O) groups is 1. The molecule has 6 rings (SSSR count). The van der Waals surface area contributed by atoms with Crippen molar-refractivity contribution in [1.82, 2.24) is 0 Å². The van der Waals surface area contributed by atoms with Gasteiger partial charge in [0.05, 0.1) is 0 Å². The first-order valence-electron chi connectivity index (χ1n) is 10.6. The van der Waals surface area contributed by atoms with E-state index in [1.54, 1.807) is 0 Å². The number of fused-ring (bicyclic) bond motifs is 7. The van der Waals surface area contributed by atoms with Crippen LogP contribution in [0.2, 0.25) is 0 Å². The summed E-state index contributed by atoms with van der Waals surface area (Å²) in [6, 6.07) is 0. The van der Waals surface area contributed by atoms with Gasteiger partial charge < -0.3 is 18.9 Å². The van der Waals surface area contributed by atoms with E-state index in [0.29, 0.717) is 30.6 Å². The molecule has 2 spiro atoms. The summed E-state index contributed by atoms with van der Waals surface area (Å²) in [5.74, 6) is 0.340. The molecular weight excluding hydrogens is 356 g/mol. The normalized spacial score (nSPS) is 54.1. The van der Waals surface area contributed by atoms with Crippen LogP contribution in [0.4, 0.5) is 0 Å². The van der Waals surface area contributed by atoms with Gasteiger partial charge in [-0.25, -0.2) is 0 Å². The molecule has 3 saturated carbocycles. The summed E-state index contributed by atoms with van der Waals surface area (Å²) in [4.78, 5) is 13.7. The molecule has 5 fully saturated rings. The van der Waals surface area contributed by atoms with Crippen LogP contribution in [-0.4, -0.2) is 37.4 Å². The zero-order valence-electron chi connectivity index (χ0n) is 16.7. The second-order valence-electron chi connectivity index (χ2n) is 9.94. The quantitative estimate of drug-likeness (QED) is 0.599. The number of hydrogen-bond donors (Lipinski definition) is 0. The highest BCUT2D eigenvalue weighted by Gasteiger charge is 2.76. The highest BCUT2D eigenvalue weighted by Crippen LogP contribution is 2.70. The van der Waals surface area contributed by atoms with Crippen LogP contribution in [0.3, 0.4) is 0 Å². The number of hydrogen-bond acceptors (Lipinski definition) is 5. The number of ether oxygens (including phenoxy) is 4. The molecule has 2 heterocycles. The highest BCUT2D eigenvalue weighted by atomic mass is 16.9. The minimum absolute atomic E-state index is 0.0425. The highest BCUT2D eigenvalue weighted by molar-refractivity contribution is 5.85. The van der Waals surface area contributed by atoms with Crippen LogP contribution in [-0.2, 0) is 23.7 Å². The first-order chi connectivity index (χ1) is 13.5. The van der Waals surface area contributed by atoms with Crippen LogP contribution in [0.5, 0.6) is 0 Å². The number of allylic oxidation sites excluding steroid dienone is 3. The van der Waals surface area contributed by atoms with Gasteiger partial charge in [-0.15, -0.1) is 5.73 Å². The monoisotopic (exact) mass is 384 g/mol. The van der Waals surface area contributed by atoms with E-state index < -0.39 is 11.4 Å². The van der Waals surface area contributed by atoms with Crippen molar-refractivity contribution in [1.29, 1.82) is 0 Å². The second kappa shape index (κ2) is 5.47. The Kier molecular flexibility index (Phi) is 3.44. The third kappa shape index (κ3) is 1.82. The molecule has 0 radical (unpaired) electrons. The summed E-state index contributed by atoms with van der Waals surface area (Å²) in [5, 5.41) is 0. The van der Waals surface area contributed by atoms with Crippen LogP contribution in [0.1, 0.15) is 46.0 Å². The number of Topliss-reactive ketones (excluding diaryl/α,β-unsaturated/α-hetero) is 1. The van der Waals surface area contributed by atoms with Crippen LogP contribution < -0.4 is 0 Å². The number of carbonyl (C=O) groups excluding carboxylic acids is 1. The lowest BCUT2D eigenvalue weighted by molar-refractivity contribution is -0.245. The molecule has 0 aromatic heterocycles. The van der Waals surface area contributed by atoms with E-state index in [4.69, 9.17) is 18.9 Å². The lowest BCUT2D eigenvalue weighted by atomic mass is 9.46. The Bertz CT molecular complexity index is 826. The molecule has 0 aromatic rings. The maximum absolute atomic E-state index is 13.7. The van der Waals surface area contributed by atoms with Crippen molar-refractivity contribution in [3.63, 3.8) is 0 Å². The van der Waals surface area contributed by atoms with Gasteiger partial charge in [-0.05, 0) is 49.7 Å². The Morgan fingerprint density at radius 2 is 2.00 bits per heavy atom. The second-order valence-corrected chi connectivity index (χ2v) is 9.94. The van der Waals surface area contributed by atoms with Gasteiger partial charge in [-0.1, -0.05) is 25.5 Å². The van der Waals surface area contributed by atoms with E-state index in [1.165, 1.54) is 5.57 Å². The van der Waals surface area contributed by atoms with Crippen molar-refractivity contribution < 1.29 is 23.7 Å². The molecule has 0 amide bonds. The Labute approximate surface area is 165 Å². The Balaban J connectivity index is 1.44. The van der Waals surface area contributed by atoms with Crippen molar-refractivity contribution in [3.8, 4) is 0 Å². The van der Waals surface area contributed by atoms with E-state index in [2.05, 4.69) is 31.7 Å². The van der Waals surface area contributed by atoms with Crippen LogP contribution >= 0.6 is 0 Å². The molecule has 0 bridgehead atoms. The van der Waals surface area contributed by atoms with Gasteiger partial charge in [0.25, 0.3) is 0 Å². The largest absolute Gasteiger partial charge is 0.350 e. The zero-order valence-corrected chi connectivity index (χ0v) is 16.7. The van der Waals surface area contributed by atoms with E-state index >= 15 is 0 Å². The number of ketones is 1. The van der Waals surface area contributed by atoms with Crippen molar-refractivity contribution in [2.75, 3.05) is 20.2 Å².